The van der Waals surface area contributed by atoms with Crippen LogP contribution in [-0.2, 0) is 0 Å². The van der Waals surface area contributed by atoms with Gasteiger partial charge in [-0.1, -0.05) is 28.1 Å². The molecule has 0 bridgehead atoms. The van der Waals surface area contributed by atoms with Crippen LogP contribution in [0.3, 0.4) is 0 Å². The van der Waals surface area contributed by atoms with Crippen molar-refractivity contribution in [3.63, 3.8) is 0 Å². The van der Waals surface area contributed by atoms with Crippen LogP contribution in [0.25, 0.3) is 5.57 Å². The van der Waals surface area contributed by atoms with Crippen molar-refractivity contribution < 1.29 is 5.11 Å². The van der Waals surface area contributed by atoms with Gasteiger partial charge < -0.3 is 15.8 Å². The van der Waals surface area contributed by atoms with E-state index in [4.69, 9.17) is 5.41 Å². The molecule has 0 aliphatic heterocycles. The first kappa shape index (κ1) is 13.3. The fraction of sp³-hybridized carbons (Fsp3) is 0.357. The van der Waals surface area contributed by atoms with Gasteiger partial charge in [0.15, 0.2) is 0 Å². The first-order chi connectivity index (χ1) is 8.70. The van der Waals surface area contributed by atoms with Gasteiger partial charge in [-0.15, -0.1) is 0 Å². The summed E-state index contributed by atoms with van der Waals surface area (Å²) in [6.45, 7) is 0. The summed E-state index contributed by atoms with van der Waals surface area (Å²) >= 11 is 3.39. The smallest absolute Gasteiger partial charge is 0.0741 e. The summed E-state index contributed by atoms with van der Waals surface area (Å²) in [7, 11) is 0. The van der Waals surface area contributed by atoms with Crippen LogP contribution in [0.2, 0.25) is 0 Å². The van der Waals surface area contributed by atoms with Gasteiger partial charge in [0.1, 0.15) is 0 Å². The molecule has 0 heterocycles. The van der Waals surface area contributed by atoms with Crippen LogP contribution < -0.4 is 5.32 Å². The van der Waals surface area contributed by atoms with Gasteiger partial charge in [0.05, 0.1) is 12.1 Å². The molecule has 18 heavy (non-hydrogen) atoms. The van der Waals surface area contributed by atoms with Crippen molar-refractivity contribution in [2.45, 2.75) is 31.4 Å². The Morgan fingerprint density at radius 1 is 1.33 bits per heavy atom. The number of nitrogens with one attached hydrogen (secondary N) is 2. The van der Waals surface area contributed by atoms with Gasteiger partial charge in [0.25, 0.3) is 0 Å². The molecule has 2 atom stereocenters. The van der Waals surface area contributed by atoms with Crippen LogP contribution in [0.15, 0.2) is 34.9 Å². The summed E-state index contributed by atoms with van der Waals surface area (Å²) in [4.78, 5) is 0. The van der Waals surface area contributed by atoms with Crippen molar-refractivity contribution in [3.8, 4) is 0 Å². The number of allylic oxidation sites excluding steroid dienone is 1. The van der Waals surface area contributed by atoms with E-state index >= 15 is 0 Å². The van der Waals surface area contributed by atoms with Crippen molar-refractivity contribution in [1.82, 2.24) is 5.32 Å². The molecule has 96 valence electrons. The Kier molecular flexibility index (Phi) is 4.55. The molecule has 1 aliphatic rings. The Bertz CT molecular complexity index is 442. The molecule has 0 radical (unpaired) electrons. The van der Waals surface area contributed by atoms with Crippen LogP contribution in [-0.4, -0.2) is 23.5 Å². The van der Waals surface area contributed by atoms with E-state index in [0.29, 0.717) is 0 Å². The Morgan fingerprint density at radius 2 is 2.06 bits per heavy atom. The van der Waals surface area contributed by atoms with Crippen LogP contribution >= 0.6 is 15.9 Å². The zero-order valence-corrected chi connectivity index (χ0v) is 11.7. The van der Waals surface area contributed by atoms with Crippen molar-refractivity contribution in [2.75, 3.05) is 0 Å². The Labute approximate surface area is 116 Å². The zero-order valence-electron chi connectivity index (χ0n) is 10.1. The van der Waals surface area contributed by atoms with Crippen molar-refractivity contribution >= 4 is 27.7 Å². The first-order valence-corrected chi connectivity index (χ1v) is 6.90. The van der Waals surface area contributed by atoms with Crippen molar-refractivity contribution in [1.29, 1.82) is 5.41 Å². The number of benzene rings is 1. The lowest BCUT2D eigenvalue weighted by Crippen LogP contribution is -2.32. The predicted molar refractivity (Wildman–Crippen MR) is 77.7 cm³/mol. The highest BCUT2D eigenvalue weighted by molar-refractivity contribution is 9.10. The number of rotatable bonds is 4. The molecule has 3 nitrogen and oxygen atoms in total. The number of hydrogen-bond acceptors (Lipinski definition) is 3. The highest BCUT2D eigenvalue weighted by atomic mass is 79.9. The zero-order chi connectivity index (χ0) is 13.0. The summed E-state index contributed by atoms with van der Waals surface area (Å²) in [5.41, 5.74) is 1.81. The van der Waals surface area contributed by atoms with Crippen molar-refractivity contribution in [2.24, 2.45) is 0 Å². The third kappa shape index (κ3) is 3.21. The summed E-state index contributed by atoms with van der Waals surface area (Å²) in [6, 6.07) is 7.96. The van der Waals surface area contributed by atoms with Gasteiger partial charge in [0, 0.05) is 22.5 Å². The first-order valence-electron chi connectivity index (χ1n) is 6.11. The fourth-order valence-corrected chi connectivity index (χ4v) is 2.45. The van der Waals surface area contributed by atoms with E-state index in [1.54, 1.807) is 0 Å². The quantitative estimate of drug-likeness (QED) is 0.749. The van der Waals surface area contributed by atoms with Crippen molar-refractivity contribution in [3.05, 3.63) is 40.5 Å². The SMILES string of the molecule is N=C/C(=C\N[C@H]1CCC[C@@H]1O)c1ccc(Br)cc1. The van der Waals surface area contributed by atoms with E-state index in [2.05, 4.69) is 21.2 Å². The topological polar surface area (TPSA) is 56.1 Å². The average Bonchev–Trinajstić information content (AvgIpc) is 2.78. The largest absolute Gasteiger partial charge is 0.391 e. The molecule has 4 heteroatoms. The number of halogens is 1. The molecule has 1 aromatic carbocycles. The monoisotopic (exact) mass is 308 g/mol. The second kappa shape index (κ2) is 6.16. The second-order valence-electron chi connectivity index (χ2n) is 4.52. The molecular weight excluding hydrogens is 292 g/mol. The molecule has 1 saturated carbocycles. The van der Waals surface area contributed by atoms with E-state index in [-0.39, 0.29) is 12.1 Å². The highest BCUT2D eigenvalue weighted by Crippen LogP contribution is 2.20. The van der Waals surface area contributed by atoms with E-state index < -0.39 is 0 Å². The molecule has 0 amide bonds. The van der Waals surface area contributed by atoms with E-state index in [9.17, 15) is 5.11 Å². The van der Waals surface area contributed by atoms with Gasteiger partial charge in [-0.2, -0.15) is 0 Å². The molecule has 1 aliphatic carbocycles. The van der Waals surface area contributed by atoms with E-state index in [0.717, 1.165) is 34.9 Å². The van der Waals surface area contributed by atoms with Crippen LogP contribution in [0.1, 0.15) is 24.8 Å². The molecule has 3 N–H and O–H groups in total. The van der Waals surface area contributed by atoms with Gasteiger partial charge in [0.2, 0.25) is 0 Å². The average molecular weight is 309 g/mol. The maximum atomic E-state index is 9.73. The third-order valence-electron chi connectivity index (χ3n) is 3.27. The Hall–Kier alpha value is -1.13. The Morgan fingerprint density at radius 3 is 2.61 bits per heavy atom. The van der Waals surface area contributed by atoms with E-state index in [1.165, 1.54) is 6.21 Å². The maximum Gasteiger partial charge on any atom is 0.0741 e. The fourth-order valence-electron chi connectivity index (χ4n) is 2.18. The summed E-state index contributed by atoms with van der Waals surface area (Å²) in [5.74, 6) is 0. The van der Waals surface area contributed by atoms with Gasteiger partial charge >= 0.3 is 0 Å². The third-order valence-corrected chi connectivity index (χ3v) is 3.79. The summed E-state index contributed by atoms with van der Waals surface area (Å²) < 4.78 is 1.02. The lowest BCUT2D eigenvalue weighted by Gasteiger charge is -2.15. The molecular formula is C14H17BrN2O. The summed E-state index contributed by atoms with van der Waals surface area (Å²) in [6.07, 6.45) is 5.81. The van der Waals surface area contributed by atoms with Crippen LogP contribution in [0, 0.1) is 5.41 Å². The molecule has 1 fully saturated rings. The second-order valence-corrected chi connectivity index (χ2v) is 5.44. The Balaban J connectivity index is 2.08. The molecule has 1 aromatic rings. The molecule has 0 spiro atoms. The van der Waals surface area contributed by atoms with Gasteiger partial charge in [-0.25, -0.2) is 0 Å². The normalized spacial score (nSPS) is 24.0. The molecule has 2 rings (SSSR count). The maximum absolute atomic E-state index is 9.73. The lowest BCUT2D eigenvalue weighted by atomic mass is 10.1. The minimum atomic E-state index is -0.266. The van der Waals surface area contributed by atoms with Gasteiger partial charge in [-0.05, 0) is 37.0 Å². The number of aliphatic hydroxyl groups excluding tert-OH is 1. The predicted octanol–water partition coefficient (Wildman–Crippen LogP) is 2.94. The highest BCUT2D eigenvalue weighted by Gasteiger charge is 2.23. The summed E-state index contributed by atoms with van der Waals surface area (Å²) in [5, 5.41) is 20.4. The molecule has 0 aromatic heterocycles. The minimum absolute atomic E-state index is 0.121. The standard InChI is InChI=1S/C14H17BrN2O/c15-12-6-4-10(5-7-12)11(8-16)9-17-13-2-1-3-14(13)18/h4-9,13-14,16-18H,1-3H2/b11-9+,16-8?/t13-,14-/m0/s1. The molecule has 0 saturated heterocycles. The lowest BCUT2D eigenvalue weighted by molar-refractivity contribution is 0.155. The van der Waals surface area contributed by atoms with Crippen LogP contribution in [0.4, 0.5) is 0 Å². The number of aliphatic hydroxyl groups is 1. The van der Waals surface area contributed by atoms with E-state index in [1.807, 2.05) is 30.5 Å². The van der Waals surface area contributed by atoms with Crippen LogP contribution in [0.5, 0.6) is 0 Å². The minimum Gasteiger partial charge on any atom is -0.391 e. The molecule has 0 unspecified atom stereocenters. The van der Waals surface area contributed by atoms with Gasteiger partial charge in [-0.3, -0.25) is 0 Å². The number of hydrogen-bond donors (Lipinski definition) is 3.